The molecule has 0 unspecified atom stereocenters. The number of carbonyl (C=O) groups is 2. The van der Waals surface area contributed by atoms with Gasteiger partial charge in [0.1, 0.15) is 18.0 Å². The number of methoxy groups -OCH3 is 1. The molecule has 0 aliphatic rings. The molecule has 0 saturated heterocycles. The molecule has 0 fully saturated rings. The molecule has 2 N–H and O–H groups in total. The van der Waals surface area contributed by atoms with Gasteiger partial charge in [-0.25, -0.2) is 0 Å². The van der Waals surface area contributed by atoms with Crippen molar-refractivity contribution in [2.75, 3.05) is 25.5 Å². The Hall–Kier alpha value is -3.28. The van der Waals surface area contributed by atoms with Crippen LogP contribution < -0.4 is 10.1 Å². The van der Waals surface area contributed by atoms with Crippen LogP contribution >= 0.6 is 0 Å². The van der Waals surface area contributed by atoms with Gasteiger partial charge in [0.05, 0.1) is 7.11 Å². The van der Waals surface area contributed by atoms with E-state index in [4.69, 9.17) is 4.74 Å². The van der Waals surface area contributed by atoms with Crippen molar-refractivity contribution in [1.29, 1.82) is 0 Å². The fourth-order valence-corrected chi connectivity index (χ4v) is 2.76. The maximum atomic E-state index is 12.7. The van der Waals surface area contributed by atoms with Gasteiger partial charge in [0.25, 0.3) is 5.91 Å². The standard InChI is InChI=1S/C20H21N3O3/c1-3-23(13-19(24)21-15-8-6-9-16(12-15)26-2)20(25)18-11-14-7-4-5-10-17(14)22-18/h4-12,22H,3,13H2,1-2H3,(H,21,24). The summed E-state index contributed by atoms with van der Waals surface area (Å²) in [6.45, 7) is 2.25. The number of rotatable bonds is 6. The summed E-state index contributed by atoms with van der Waals surface area (Å²) >= 11 is 0. The van der Waals surface area contributed by atoms with Gasteiger partial charge in [-0.2, -0.15) is 0 Å². The predicted molar refractivity (Wildman–Crippen MR) is 101 cm³/mol. The number of ether oxygens (including phenoxy) is 1. The number of hydrogen-bond donors (Lipinski definition) is 2. The van der Waals surface area contributed by atoms with E-state index in [1.807, 2.05) is 31.2 Å². The number of aromatic amines is 1. The van der Waals surface area contributed by atoms with Crippen molar-refractivity contribution in [2.45, 2.75) is 6.92 Å². The molecule has 0 spiro atoms. The largest absolute Gasteiger partial charge is 0.497 e. The second-order valence-corrected chi connectivity index (χ2v) is 5.87. The van der Waals surface area contributed by atoms with Crippen LogP contribution in [0.15, 0.2) is 54.6 Å². The summed E-state index contributed by atoms with van der Waals surface area (Å²) in [7, 11) is 1.57. The number of anilines is 1. The molecule has 3 rings (SSSR count). The SMILES string of the molecule is CCN(CC(=O)Nc1cccc(OC)c1)C(=O)c1cc2ccccc2[nH]1. The Morgan fingerprint density at radius 3 is 2.65 bits per heavy atom. The molecule has 0 aliphatic carbocycles. The van der Waals surface area contributed by atoms with E-state index in [1.165, 1.54) is 4.90 Å². The second kappa shape index (κ2) is 7.74. The van der Waals surface area contributed by atoms with Crippen molar-refractivity contribution in [1.82, 2.24) is 9.88 Å². The van der Waals surface area contributed by atoms with Crippen molar-refractivity contribution in [2.24, 2.45) is 0 Å². The number of H-pyrrole nitrogens is 1. The van der Waals surface area contributed by atoms with E-state index >= 15 is 0 Å². The van der Waals surface area contributed by atoms with Crippen LogP contribution in [0.25, 0.3) is 10.9 Å². The maximum absolute atomic E-state index is 12.7. The normalized spacial score (nSPS) is 10.5. The number of carbonyl (C=O) groups excluding carboxylic acids is 2. The van der Waals surface area contributed by atoms with E-state index in [0.29, 0.717) is 23.7 Å². The van der Waals surface area contributed by atoms with Crippen LogP contribution in [0.4, 0.5) is 5.69 Å². The van der Waals surface area contributed by atoms with Crippen molar-refractivity contribution in [3.8, 4) is 5.75 Å². The Morgan fingerprint density at radius 1 is 1.12 bits per heavy atom. The summed E-state index contributed by atoms with van der Waals surface area (Å²) in [4.78, 5) is 29.7. The van der Waals surface area contributed by atoms with Crippen molar-refractivity contribution >= 4 is 28.4 Å². The van der Waals surface area contributed by atoms with E-state index in [2.05, 4.69) is 10.3 Å². The number of nitrogens with zero attached hydrogens (tertiary/aromatic N) is 1. The molecule has 6 nitrogen and oxygen atoms in total. The van der Waals surface area contributed by atoms with E-state index in [9.17, 15) is 9.59 Å². The summed E-state index contributed by atoms with van der Waals surface area (Å²) < 4.78 is 5.14. The minimum Gasteiger partial charge on any atom is -0.497 e. The summed E-state index contributed by atoms with van der Waals surface area (Å²) in [5, 5.41) is 3.76. The molecular formula is C20H21N3O3. The van der Waals surface area contributed by atoms with Gasteiger partial charge in [0.2, 0.25) is 5.91 Å². The Kier molecular flexibility index (Phi) is 5.22. The first-order chi connectivity index (χ1) is 12.6. The van der Waals surface area contributed by atoms with Crippen LogP contribution in [-0.4, -0.2) is 41.9 Å². The van der Waals surface area contributed by atoms with Gasteiger partial charge in [0, 0.05) is 29.2 Å². The molecule has 0 atom stereocenters. The lowest BCUT2D eigenvalue weighted by atomic mass is 10.2. The number of para-hydroxylation sites is 1. The zero-order chi connectivity index (χ0) is 18.5. The number of nitrogens with one attached hydrogen (secondary N) is 2. The zero-order valence-electron chi connectivity index (χ0n) is 14.8. The fraction of sp³-hybridized carbons (Fsp3) is 0.200. The van der Waals surface area contributed by atoms with E-state index < -0.39 is 0 Å². The van der Waals surface area contributed by atoms with Gasteiger partial charge in [-0.05, 0) is 31.2 Å². The van der Waals surface area contributed by atoms with Gasteiger partial charge in [-0.3, -0.25) is 9.59 Å². The zero-order valence-corrected chi connectivity index (χ0v) is 14.8. The molecule has 0 saturated carbocycles. The van der Waals surface area contributed by atoms with Crippen molar-refractivity contribution in [3.63, 3.8) is 0 Å². The number of benzene rings is 2. The Balaban J connectivity index is 1.69. The van der Waals surface area contributed by atoms with Gasteiger partial charge in [-0.1, -0.05) is 24.3 Å². The van der Waals surface area contributed by atoms with Crippen LogP contribution in [0.5, 0.6) is 5.75 Å². The number of fused-ring (bicyclic) bond motifs is 1. The monoisotopic (exact) mass is 351 g/mol. The average molecular weight is 351 g/mol. The Labute approximate surface area is 151 Å². The van der Waals surface area contributed by atoms with Crippen LogP contribution in [-0.2, 0) is 4.79 Å². The lowest BCUT2D eigenvalue weighted by Crippen LogP contribution is -2.38. The first kappa shape index (κ1) is 17.5. The van der Waals surface area contributed by atoms with Crippen LogP contribution in [0.1, 0.15) is 17.4 Å². The topological polar surface area (TPSA) is 74.4 Å². The van der Waals surface area contributed by atoms with Crippen molar-refractivity contribution < 1.29 is 14.3 Å². The summed E-state index contributed by atoms with van der Waals surface area (Å²) in [6, 6.07) is 16.6. The molecule has 0 radical (unpaired) electrons. The number of hydrogen-bond acceptors (Lipinski definition) is 3. The van der Waals surface area contributed by atoms with Crippen LogP contribution in [0, 0.1) is 0 Å². The molecule has 1 aromatic heterocycles. The van der Waals surface area contributed by atoms with Gasteiger partial charge < -0.3 is 19.9 Å². The number of amides is 2. The van der Waals surface area contributed by atoms with Gasteiger partial charge in [0.15, 0.2) is 0 Å². The molecule has 0 aliphatic heterocycles. The molecule has 134 valence electrons. The maximum Gasteiger partial charge on any atom is 0.270 e. The first-order valence-corrected chi connectivity index (χ1v) is 8.41. The molecule has 2 amide bonds. The second-order valence-electron chi connectivity index (χ2n) is 5.87. The molecule has 0 bridgehead atoms. The van der Waals surface area contributed by atoms with E-state index in [1.54, 1.807) is 37.4 Å². The van der Waals surface area contributed by atoms with E-state index in [-0.39, 0.29) is 18.4 Å². The third kappa shape index (κ3) is 3.85. The highest BCUT2D eigenvalue weighted by Gasteiger charge is 2.19. The lowest BCUT2D eigenvalue weighted by Gasteiger charge is -2.19. The Bertz CT molecular complexity index is 900. The molecule has 6 heteroatoms. The highest BCUT2D eigenvalue weighted by atomic mass is 16.5. The minimum absolute atomic E-state index is 0.0259. The Morgan fingerprint density at radius 2 is 1.92 bits per heavy atom. The third-order valence-corrected chi connectivity index (χ3v) is 4.12. The number of aromatic nitrogens is 1. The molecule has 26 heavy (non-hydrogen) atoms. The molecule has 2 aromatic carbocycles. The minimum atomic E-state index is -0.260. The van der Waals surface area contributed by atoms with E-state index in [0.717, 1.165) is 10.9 Å². The van der Waals surface area contributed by atoms with Gasteiger partial charge >= 0.3 is 0 Å². The lowest BCUT2D eigenvalue weighted by molar-refractivity contribution is -0.116. The third-order valence-electron chi connectivity index (χ3n) is 4.12. The highest BCUT2D eigenvalue weighted by Crippen LogP contribution is 2.18. The molecular weight excluding hydrogens is 330 g/mol. The van der Waals surface area contributed by atoms with Gasteiger partial charge in [-0.15, -0.1) is 0 Å². The molecule has 3 aromatic rings. The smallest absolute Gasteiger partial charge is 0.270 e. The number of likely N-dealkylation sites (N-methyl/N-ethyl adjacent to an activating group) is 1. The fourth-order valence-electron chi connectivity index (χ4n) is 2.76. The first-order valence-electron chi connectivity index (χ1n) is 8.41. The predicted octanol–water partition coefficient (Wildman–Crippen LogP) is 3.28. The quantitative estimate of drug-likeness (QED) is 0.716. The summed E-state index contributed by atoms with van der Waals surface area (Å²) in [5.74, 6) is 0.193. The van der Waals surface area contributed by atoms with Crippen molar-refractivity contribution in [3.05, 3.63) is 60.3 Å². The average Bonchev–Trinajstić information content (AvgIpc) is 3.10. The summed E-state index contributed by atoms with van der Waals surface area (Å²) in [5.41, 5.74) is 2.00. The van der Waals surface area contributed by atoms with Crippen LogP contribution in [0.2, 0.25) is 0 Å². The molecule has 1 heterocycles. The highest BCUT2D eigenvalue weighted by molar-refractivity contribution is 6.01. The van der Waals surface area contributed by atoms with Crippen LogP contribution in [0.3, 0.4) is 0 Å². The summed E-state index contributed by atoms with van der Waals surface area (Å²) in [6.07, 6.45) is 0.